The van der Waals surface area contributed by atoms with Gasteiger partial charge in [0.05, 0.1) is 12.6 Å². The molecule has 0 saturated heterocycles. The molecule has 0 spiro atoms. The van der Waals surface area contributed by atoms with Crippen molar-refractivity contribution in [2.24, 2.45) is 7.05 Å². The Morgan fingerprint density at radius 1 is 0.786 bits per heavy atom. The lowest BCUT2D eigenvalue weighted by Crippen LogP contribution is -2.29. The summed E-state index contributed by atoms with van der Waals surface area (Å²) >= 11 is 0. The van der Waals surface area contributed by atoms with E-state index in [4.69, 9.17) is 0 Å². The largest absolute Gasteiger partial charge is 0.323 e. The predicted octanol–water partition coefficient (Wildman–Crippen LogP) is 5.30. The average molecular weight is 366 g/mol. The second-order valence-electron chi connectivity index (χ2n) is 7.75. The standard InChI is InChI=1S/C25H24N3/c1-17-7-5-8-18(2)24(17)28-12-11-26(4)25(28)23-15-21-16-27-10-6-9-22(27)14-20(21)13-19(23)3/h5-16H,1-4H3/q+1. The van der Waals surface area contributed by atoms with Gasteiger partial charge in [0.2, 0.25) is 0 Å². The Morgan fingerprint density at radius 2 is 1.57 bits per heavy atom. The molecule has 0 fully saturated rings. The minimum atomic E-state index is 1.20. The third kappa shape index (κ3) is 2.47. The molecule has 0 aliphatic heterocycles. The van der Waals surface area contributed by atoms with Crippen molar-refractivity contribution in [3.8, 4) is 17.1 Å². The summed E-state index contributed by atoms with van der Waals surface area (Å²) in [6.07, 6.45) is 8.64. The summed E-state index contributed by atoms with van der Waals surface area (Å²) in [5, 5.41) is 2.53. The zero-order chi connectivity index (χ0) is 19.4. The number of fused-ring (bicyclic) bond motifs is 2. The maximum Gasteiger partial charge on any atom is 0.294 e. The number of rotatable bonds is 2. The van der Waals surface area contributed by atoms with Crippen LogP contribution in [0.4, 0.5) is 0 Å². The Kier molecular flexibility index (Phi) is 3.66. The number of aryl methyl sites for hydroxylation is 4. The third-order valence-corrected chi connectivity index (χ3v) is 5.75. The lowest BCUT2D eigenvalue weighted by Gasteiger charge is -2.11. The molecule has 2 aromatic carbocycles. The Balaban J connectivity index is 1.80. The summed E-state index contributed by atoms with van der Waals surface area (Å²) in [5.74, 6) is 1.20. The second-order valence-corrected chi connectivity index (χ2v) is 7.75. The van der Waals surface area contributed by atoms with E-state index >= 15 is 0 Å². The zero-order valence-corrected chi connectivity index (χ0v) is 16.8. The number of imidazole rings is 1. The number of nitrogens with zero attached hydrogens (tertiary/aromatic N) is 3. The Morgan fingerprint density at radius 3 is 2.36 bits per heavy atom. The van der Waals surface area contributed by atoms with Crippen molar-refractivity contribution < 1.29 is 4.57 Å². The van der Waals surface area contributed by atoms with Crippen LogP contribution in [0.3, 0.4) is 0 Å². The predicted molar refractivity (Wildman–Crippen MR) is 115 cm³/mol. The summed E-state index contributed by atoms with van der Waals surface area (Å²) in [6.45, 7) is 6.57. The van der Waals surface area contributed by atoms with Gasteiger partial charge in [-0.25, -0.2) is 4.57 Å². The van der Waals surface area contributed by atoms with Crippen molar-refractivity contribution in [1.82, 2.24) is 8.97 Å². The molecule has 0 amide bonds. The monoisotopic (exact) mass is 366 g/mol. The van der Waals surface area contributed by atoms with Gasteiger partial charge in [0.1, 0.15) is 18.1 Å². The second kappa shape index (κ2) is 6.10. The molecule has 0 atom stereocenters. The molecule has 3 aromatic heterocycles. The molecule has 3 nitrogen and oxygen atoms in total. The molecule has 3 heterocycles. The van der Waals surface area contributed by atoms with Crippen LogP contribution in [0.2, 0.25) is 0 Å². The van der Waals surface area contributed by atoms with Gasteiger partial charge in [-0.15, -0.1) is 0 Å². The van der Waals surface area contributed by atoms with E-state index in [-0.39, 0.29) is 0 Å². The van der Waals surface area contributed by atoms with Crippen LogP contribution >= 0.6 is 0 Å². The van der Waals surface area contributed by atoms with Gasteiger partial charge in [-0.05, 0) is 72.5 Å². The molecule has 0 bridgehead atoms. The average Bonchev–Trinajstić information content (AvgIpc) is 3.26. The third-order valence-electron chi connectivity index (χ3n) is 5.75. The number of pyridine rings is 1. The highest BCUT2D eigenvalue weighted by Gasteiger charge is 2.23. The molecule has 5 aromatic rings. The van der Waals surface area contributed by atoms with Crippen molar-refractivity contribution in [2.45, 2.75) is 20.8 Å². The van der Waals surface area contributed by atoms with Crippen LogP contribution in [0.15, 0.2) is 73.3 Å². The van der Waals surface area contributed by atoms with Gasteiger partial charge in [0.25, 0.3) is 5.82 Å². The maximum atomic E-state index is 2.33. The van der Waals surface area contributed by atoms with E-state index in [0.29, 0.717) is 0 Å². The fourth-order valence-corrected chi connectivity index (χ4v) is 4.34. The number of aromatic nitrogens is 3. The highest BCUT2D eigenvalue weighted by Crippen LogP contribution is 2.30. The molecule has 28 heavy (non-hydrogen) atoms. The van der Waals surface area contributed by atoms with Gasteiger partial charge in [-0.3, -0.25) is 0 Å². The summed E-state index contributed by atoms with van der Waals surface area (Å²) in [5.41, 5.74) is 7.59. The Labute approximate surface area is 165 Å². The molecule has 0 aliphatic carbocycles. The summed E-state index contributed by atoms with van der Waals surface area (Å²) in [7, 11) is 2.12. The quantitative estimate of drug-likeness (QED) is 0.376. The van der Waals surface area contributed by atoms with E-state index in [2.05, 4.69) is 115 Å². The van der Waals surface area contributed by atoms with Gasteiger partial charge in [-0.1, -0.05) is 24.3 Å². The SMILES string of the molecule is Cc1cc2cc3cccn3cc2cc1-c1n(-c2c(C)cccc2C)cc[n+]1C. The van der Waals surface area contributed by atoms with Gasteiger partial charge < -0.3 is 4.40 Å². The van der Waals surface area contributed by atoms with Crippen LogP contribution in [-0.2, 0) is 7.05 Å². The molecule has 0 radical (unpaired) electrons. The fourth-order valence-electron chi connectivity index (χ4n) is 4.34. The van der Waals surface area contributed by atoms with Crippen LogP contribution in [0.5, 0.6) is 0 Å². The molecule has 0 saturated carbocycles. The van der Waals surface area contributed by atoms with Crippen molar-refractivity contribution in [3.63, 3.8) is 0 Å². The molecule has 0 aliphatic rings. The van der Waals surface area contributed by atoms with E-state index in [1.165, 1.54) is 50.1 Å². The van der Waals surface area contributed by atoms with Crippen LogP contribution in [-0.4, -0.2) is 8.97 Å². The molecule has 5 rings (SSSR count). The molecule has 0 N–H and O–H groups in total. The Hall–Kier alpha value is -3.33. The minimum Gasteiger partial charge on any atom is -0.323 e. The van der Waals surface area contributed by atoms with Crippen molar-refractivity contribution in [3.05, 3.63) is 90.0 Å². The number of hydrogen-bond donors (Lipinski definition) is 0. The first kappa shape index (κ1) is 16.8. The number of hydrogen-bond acceptors (Lipinski definition) is 0. The van der Waals surface area contributed by atoms with Crippen LogP contribution in [0, 0.1) is 20.8 Å². The first-order valence-electron chi connectivity index (χ1n) is 9.68. The van der Waals surface area contributed by atoms with Crippen molar-refractivity contribution in [2.75, 3.05) is 0 Å². The highest BCUT2D eigenvalue weighted by molar-refractivity contribution is 5.90. The van der Waals surface area contributed by atoms with E-state index in [0.717, 1.165) is 0 Å². The summed E-state index contributed by atoms with van der Waals surface area (Å²) in [4.78, 5) is 0. The van der Waals surface area contributed by atoms with Crippen molar-refractivity contribution in [1.29, 1.82) is 0 Å². The Bertz CT molecular complexity index is 1330. The van der Waals surface area contributed by atoms with Gasteiger partial charge in [0, 0.05) is 17.9 Å². The summed E-state index contributed by atoms with van der Waals surface area (Å²) in [6, 6.07) is 17.6. The molecular weight excluding hydrogens is 342 g/mol. The number of benzene rings is 2. The normalized spacial score (nSPS) is 11.6. The summed E-state index contributed by atoms with van der Waals surface area (Å²) < 4.78 is 6.73. The van der Waals surface area contributed by atoms with Crippen LogP contribution in [0.1, 0.15) is 16.7 Å². The van der Waals surface area contributed by atoms with E-state index in [1.807, 2.05) is 0 Å². The fraction of sp³-hybridized carbons (Fsp3) is 0.160. The van der Waals surface area contributed by atoms with Crippen molar-refractivity contribution >= 4 is 16.3 Å². The lowest BCUT2D eigenvalue weighted by molar-refractivity contribution is -0.659. The van der Waals surface area contributed by atoms with Crippen LogP contribution < -0.4 is 4.57 Å². The minimum absolute atomic E-state index is 1.20. The van der Waals surface area contributed by atoms with E-state index in [1.54, 1.807) is 0 Å². The van der Waals surface area contributed by atoms with E-state index in [9.17, 15) is 0 Å². The van der Waals surface area contributed by atoms with Gasteiger partial charge >= 0.3 is 0 Å². The smallest absolute Gasteiger partial charge is 0.294 e. The molecule has 3 heteroatoms. The van der Waals surface area contributed by atoms with Gasteiger partial charge in [-0.2, -0.15) is 4.57 Å². The first-order chi connectivity index (χ1) is 13.5. The molecule has 0 unspecified atom stereocenters. The van der Waals surface area contributed by atoms with Crippen LogP contribution in [0.25, 0.3) is 33.4 Å². The topological polar surface area (TPSA) is 13.2 Å². The lowest BCUT2D eigenvalue weighted by atomic mass is 10.0. The van der Waals surface area contributed by atoms with Gasteiger partial charge in [0.15, 0.2) is 0 Å². The molecule has 138 valence electrons. The first-order valence-corrected chi connectivity index (χ1v) is 9.68. The zero-order valence-electron chi connectivity index (χ0n) is 16.8. The number of para-hydroxylation sites is 1. The maximum absolute atomic E-state index is 2.33. The molecular formula is C25H24N3+. The van der Waals surface area contributed by atoms with E-state index < -0.39 is 0 Å². The highest BCUT2D eigenvalue weighted by atomic mass is 15.1.